The lowest BCUT2D eigenvalue weighted by Gasteiger charge is -2.32. The maximum absolute atomic E-state index is 3.88. The highest BCUT2D eigenvalue weighted by Gasteiger charge is 2.31. The van der Waals surface area contributed by atoms with Crippen LogP contribution in [0.1, 0.15) is 24.3 Å². The van der Waals surface area contributed by atoms with Crippen LogP contribution >= 0.6 is 11.8 Å². The zero-order chi connectivity index (χ0) is 17.5. The van der Waals surface area contributed by atoms with E-state index >= 15 is 0 Å². The molecule has 0 saturated carbocycles. The van der Waals surface area contributed by atoms with Crippen molar-refractivity contribution in [1.82, 2.24) is 4.90 Å². The first kappa shape index (κ1) is 16.2. The molecular formula is C23H24N2S. The molecule has 2 nitrogen and oxygen atoms in total. The number of likely N-dealkylation sites (N-methyl/N-ethyl adjacent to an activating group) is 1. The lowest BCUT2D eigenvalue weighted by atomic mass is 9.87. The molecule has 3 heteroatoms. The standard InChI is InChI=1S/C23H24N2S/c1-25-13-12-18-14-17(15-25)20-9-5-11-22(23(20)24-18)26-21-10-4-7-16-6-2-3-8-19(16)21/h2-11,17-18,24H,12-15H2,1H3. The Balaban J connectivity index is 1.56. The summed E-state index contributed by atoms with van der Waals surface area (Å²) in [5.74, 6) is 0.650. The molecule has 2 heterocycles. The van der Waals surface area contributed by atoms with Gasteiger partial charge in [-0.1, -0.05) is 60.3 Å². The average Bonchev–Trinajstić information content (AvgIpc) is 2.81. The van der Waals surface area contributed by atoms with Gasteiger partial charge in [0.2, 0.25) is 0 Å². The third kappa shape index (κ3) is 2.89. The van der Waals surface area contributed by atoms with Crippen molar-refractivity contribution in [3.8, 4) is 0 Å². The Morgan fingerprint density at radius 2 is 1.77 bits per heavy atom. The summed E-state index contributed by atoms with van der Waals surface area (Å²) in [5.41, 5.74) is 2.88. The van der Waals surface area contributed by atoms with Gasteiger partial charge in [0, 0.05) is 28.3 Å². The summed E-state index contributed by atoms with van der Waals surface area (Å²) in [7, 11) is 2.26. The topological polar surface area (TPSA) is 15.3 Å². The highest BCUT2D eigenvalue weighted by molar-refractivity contribution is 7.99. The average molecular weight is 361 g/mol. The van der Waals surface area contributed by atoms with Crippen LogP contribution in [0.3, 0.4) is 0 Å². The molecule has 5 rings (SSSR count). The zero-order valence-electron chi connectivity index (χ0n) is 15.1. The lowest BCUT2D eigenvalue weighted by molar-refractivity contribution is 0.333. The Hall–Kier alpha value is -1.97. The molecule has 0 radical (unpaired) electrons. The number of benzene rings is 3. The monoisotopic (exact) mass is 360 g/mol. The summed E-state index contributed by atoms with van der Waals surface area (Å²) >= 11 is 1.90. The van der Waals surface area contributed by atoms with E-state index in [1.165, 1.54) is 57.7 Å². The second-order valence-corrected chi connectivity index (χ2v) is 8.71. The number of hydrogen-bond donors (Lipinski definition) is 1. The van der Waals surface area contributed by atoms with Crippen LogP contribution in [0.25, 0.3) is 10.8 Å². The number of hydrogen-bond acceptors (Lipinski definition) is 3. The third-order valence-electron chi connectivity index (χ3n) is 5.78. The van der Waals surface area contributed by atoms with Gasteiger partial charge in [-0.15, -0.1) is 0 Å². The Labute approximate surface area is 159 Å². The molecule has 2 aliphatic heterocycles. The molecule has 3 aromatic carbocycles. The van der Waals surface area contributed by atoms with Gasteiger partial charge in [-0.05, 0) is 54.9 Å². The summed E-state index contributed by atoms with van der Waals surface area (Å²) in [4.78, 5) is 5.19. The van der Waals surface area contributed by atoms with Gasteiger partial charge in [0.25, 0.3) is 0 Å². The summed E-state index contributed by atoms with van der Waals surface area (Å²) in [6.45, 7) is 2.36. The van der Waals surface area contributed by atoms with E-state index in [4.69, 9.17) is 0 Å². The van der Waals surface area contributed by atoms with Crippen molar-refractivity contribution in [3.63, 3.8) is 0 Å². The highest BCUT2D eigenvalue weighted by Crippen LogP contribution is 2.45. The number of likely N-dealkylation sites (tertiary alicyclic amines) is 1. The van der Waals surface area contributed by atoms with E-state index in [9.17, 15) is 0 Å². The van der Waals surface area contributed by atoms with Crippen molar-refractivity contribution in [2.24, 2.45) is 0 Å². The van der Waals surface area contributed by atoms with Crippen LogP contribution in [-0.4, -0.2) is 31.1 Å². The quantitative estimate of drug-likeness (QED) is 0.641. The van der Waals surface area contributed by atoms with Crippen molar-refractivity contribution < 1.29 is 0 Å². The van der Waals surface area contributed by atoms with E-state index in [0.717, 1.165) is 0 Å². The SMILES string of the molecule is CN1CCC2CC(C1)c1cccc(Sc3cccc4ccccc34)c1N2. The molecule has 2 atom stereocenters. The molecule has 3 aromatic rings. The molecular weight excluding hydrogens is 336 g/mol. The Kier molecular flexibility index (Phi) is 4.14. The first-order valence-electron chi connectivity index (χ1n) is 9.51. The van der Waals surface area contributed by atoms with Crippen molar-refractivity contribution >= 4 is 28.2 Å². The Bertz CT molecular complexity index is 947. The van der Waals surface area contributed by atoms with Gasteiger partial charge < -0.3 is 10.2 Å². The minimum Gasteiger partial charge on any atom is -0.381 e. The second-order valence-electron chi connectivity index (χ2n) is 7.62. The minimum atomic E-state index is 0.603. The summed E-state index contributed by atoms with van der Waals surface area (Å²) in [6.07, 6.45) is 2.50. The van der Waals surface area contributed by atoms with E-state index in [-0.39, 0.29) is 0 Å². The van der Waals surface area contributed by atoms with Gasteiger partial charge in [0.1, 0.15) is 0 Å². The van der Waals surface area contributed by atoms with E-state index in [1.807, 2.05) is 11.8 Å². The van der Waals surface area contributed by atoms with E-state index in [2.05, 4.69) is 77.9 Å². The fourth-order valence-corrected chi connectivity index (χ4v) is 5.58. The molecule has 0 aliphatic carbocycles. The maximum Gasteiger partial charge on any atom is 0.0520 e. The molecule has 132 valence electrons. The molecule has 2 unspecified atom stereocenters. The van der Waals surface area contributed by atoms with Gasteiger partial charge in [0.05, 0.1) is 5.69 Å². The largest absolute Gasteiger partial charge is 0.381 e. The number of nitrogens with zero attached hydrogens (tertiary/aromatic N) is 1. The van der Waals surface area contributed by atoms with Crippen LogP contribution in [0, 0.1) is 0 Å². The predicted octanol–water partition coefficient (Wildman–Crippen LogP) is 5.59. The van der Waals surface area contributed by atoms with Crippen LogP contribution in [0.15, 0.2) is 70.5 Å². The first-order chi connectivity index (χ1) is 12.8. The van der Waals surface area contributed by atoms with Gasteiger partial charge >= 0.3 is 0 Å². The summed E-state index contributed by atoms with van der Waals surface area (Å²) in [5, 5.41) is 6.53. The number of rotatable bonds is 2. The third-order valence-corrected chi connectivity index (χ3v) is 6.91. The highest BCUT2D eigenvalue weighted by atomic mass is 32.2. The molecule has 26 heavy (non-hydrogen) atoms. The number of para-hydroxylation sites is 1. The Morgan fingerprint density at radius 1 is 0.962 bits per heavy atom. The molecule has 0 spiro atoms. The van der Waals surface area contributed by atoms with Crippen LogP contribution in [0.5, 0.6) is 0 Å². The van der Waals surface area contributed by atoms with Crippen molar-refractivity contribution in [2.45, 2.75) is 34.6 Å². The number of nitrogens with one attached hydrogen (secondary N) is 1. The molecule has 1 saturated heterocycles. The second kappa shape index (κ2) is 6.64. The van der Waals surface area contributed by atoms with E-state index in [0.29, 0.717) is 12.0 Å². The normalized spacial score (nSPS) is 22.5. The van der Waals surface area contributed by atoms with Crippen LogP contribution in [0.2, 0.25) is 0 Å². The fraction of sp³-hybridized carbons (Fsp3) is 0.304. The van der Waals surface area contributed by atoms with Gasteiger partial charge in [-0.3, -0.25) is 0 Å². The number of anilines is 1. The van der Waals surface area contributed by atoms with Crippen molar-refractivity contribution in [2.75, 3.05) is 25.5 Å². The molecule has 1 fully saturated rings. The van der Waals surface area contributed by atoms with Gasteiger partial charge in [0.15, 0.2) is 0 Å². The zero-order valence-corrected chi connectivity index (χ0v) is 15.9. The molecule has 0 aromatic heterocycles. The fourth-order valence-electron chi connectivity index (χ4n) is 4.47. The van der Waals surface area contributed by atoms with Crippen LogP contribution < -0.4 is 5.32 Å². The minimum absolute atomic E-state index is 0.603. The van der Waals surface area contributed by atoms with Crippen LogP contribution in [0.4, 0.5) is 5.69 Å². The summed E-state index contributed by atoms with van der Waals surface area (Å²) < 4.78 is 0. The molecule has 1 N–H and O–H groups in total. The van der Waals surface area contributed by atoms with Gasteiger partial charge in [-0.2, -0.15) is 0 Å². The smallest absolute Gasteiger partial charge is 0.0520 e. The predicted molar refractivity (Wildman–Crippen MR) is 111 cm³/mol. The Morgan fingerprint density at radius 3 is 2.73 bits per heavy atom. The number of fused-ring (bicyclic) bond motifs is 5. The van der Waals surface area contributed by atoms with Crippen molar-refractivity contribution in [3.05, 3.63) is 66.2 Å². The molecule has 0 amide bonds. The van der Waals surface area contributed by atoms with Gasteiger partial charge in [-0.25, -0.2) is 0 Å². The van der Waals surface area contributed by atoms with E-state index < -0.39 is 0 Å². The summed E-state index contributed by atoms with van der Waals surface area (Å²) in [6, 6.07) is 22.7. The molecule has 2 aliphatic rings. The van der Waals surface area contributed by atoms with Crippen LogP contribution in [-0.2, 0) is 0 Å². The lowest BCUT2D eigenvalue weighted by Crippen LogP contribution is -2.28. The first-order valence-corrected chi connectivity index (χ1v) is 10.3. The molecule has 2 bridgehead atoms. The maximum atomic E-state index is 3.88. The van der Waals surface area contributed by atoms with Crippen molar-refractivity contribution in [1.29, 1.82) is 0 Å². The van der Waals surface area contributed by atoms with E-state index in [1.54, 1.807) is 0 Å².